The van der Waals surface area contributed by atoms with E-state index in [1.807, 2.05) is 6.92 Å². The van der Waals surface area contributed by atoms with Crippen LogP contribution in [0.2, 0.25) is 0 Å². The lowest BCUT2D eigenvalue weighted by Gasteiger charge is -2.25. The van der Waals surface area contributed by atoms with Gasteiger partial charge in [0.05, 0.1) is 19.8 Å². The van der Waals surface area contributed by atoms with Gasteiger partial charge < -0.3 is 24.0 Å². The van der Waals surface area contributed by atoms with E-state index in [1.165, 1.54) is 4.90 Å². The molecule has 0 spiro atoms. The lowest BCUT2D eigenvalue weighted by molar-refractivity contribution is -0.148. The monoisotopic (exact) mass is 286 g/mol. The summed E-state index contributed by atoms with van der Waals surface area (Å²) in [5.41, 5.74) is 0. The average Bonchev–Trinajstić information content (AvgIpc) is 2.97. The van der Waals surface area contributed by atoms with E-state index >= 15 is 0 Å². The zero-order chi connectivity index (χ0) is 14.6. The number of rotatable bonds is 6. The summed E-state index contributed by atoms with van der Waals surface area (Å²) in [6.45, 7) is 6.91. The van der Waals surface area contributed by atoms with E-state index in [0.717, 1.165) is 0 Å². The first-order valence-corrected chi connectivity index (χ1v) is 7.01. The van der Waals surface area contributed by atoms with Crippen LogP contribution in [-0.2, 0) is 19.0 Å². The van der Waals surface area contributed by atoms with Gasteiger partial charge in [-0.05, 0) is 13.8 Å². The number of hydrogen-bond donors (Lipinski definition) is 0. The minimum absolute atomic E-state index is 0.0213. The van der Waals surface area contributed by atoms with Crippen molar-refractivity contribution in [3.8, 4) is 0 Å². The molecule has 0 aromatic rings. The summed E-state index contributed by atoms with van der Waals surface area (Å²) in [5.74, 6) is -0.952. The molecule has 2 aliphatic rings. The summed E-state index contributed by atoms with van der Waals surface area (Å²) in [5, 5.41) is 0. The van der Waals surface area contributed by atoms with Crippen LogP contribution in [0.15, 0.2) is 0 Å². The highest BCUT2D eigenvalue weighted by Crippen LogP contribution is 2.23. The Labute approximate surface area is 118 Å². The predicted molar refractivity (Wildman–Crippen MR) is 70.1 cm³/mol. The number of hydrogen-bond acceptors (Lipinski definition) is 5. The maximum absolute atomic E-state index is 12.1. The summed E-state index contributed by atoms with van der Waals surface area (Å²) in [7, 11) is 0. The molecule has 2 rings (SSSR count). The van der Waals surface area contributed by atoms with Crippen LogP contribution in [0, 0.1) is 0 Å². The molecular weight excluding hydrogens is 264 g/mol. The SMILES string of the molecule is CCOC(=O)CN1CCN(CCC2(C)OCCO2)C1=O. The fourth-order valence-electron chi connectivity index (χ4n) is 2.39. The van der Waals surface area contributed by atoms with Crippen LogP contribution >= 0.6 is 0 Å². The lowest BCUT2D eigenvalue weighted by atomic mass is 10.2. The predicted octanol–water partition coefficient (Wildman–Crippen LogP) is 0.440. The number of ether oxygens (including phenoxy) is 3. The first kappa shape index (κ1) is 15.1. The number of carbonyl (C=O) groups is 2. The van der Waals surface area contributed by atoms with Crippen molar-refractivity contribution in [2.24, 2.45) is 0 Å². The Morgan fingerprint density at radius 3 is 2.60 bits per heavy atom. The molecule has 0 aromatic heterocycles. The standard InChI is InChI=1S/C13H22N2O5/c1-3-18-11(16)10-15-7-6-14(12(15)17)5-4-13(2)19-8-9-20-13/h3-10H2,1-2H3. The molecule has 0 atom stereocenters. The molecule has 20 heavy (non-hydrogen) atoms. The van der Waals surface area contributed by atoms with Crippen molar-refractivity contribution in [1.29, 1.82) is 0 Å². The summed E-state index contributed by atoms with van der Waals surface area (Å²) >= 11 is 0. The Hall–Kier alpha value is -1.34. The van der Waals surface area contributed by atoms with Crippen molar-refractivity contribution in [3.63, 3.8) is 0 Å². The highest BCUT2D eigenvalue weighted by molar-refractivity contribution is 5.82. The van der Waals surface area contributed by atoms with Crippen LogP contribution in [0.3, 0.4) is 0 Å². The number of carbonyl (C=O) groups excluding carboxylic acids is 2. The number of esters is 1. The summed E-state index contributed by atoms with van der Waals surface area (Å²) in [6, 6.07) is -0.125. The quantitative estimate of drug-likeness (QED) is 0.663. The normalized spacial score (nSPS) is 21.6. The molecule has 0 N–H and O–H groups in total. The number of amides is 2. The lowest BCUT2D eigenvalue weighted by Crippen LogP contribution is -2.38. The smallest absolute Gasteiger partial charge is 0.325 e. The molecule has 2 aliphatic heterocycles. The molecular formula is C13H22N2O5. The zero-order valence-corrected chi connectivity index (χ0v) is 12.1. The Kier molecular flexibility index (Phi) is 4.82. The zero-order valence-electron chi connectivity index (χ0n) is 12.1. The molecule has 114 valence electrons. The second-order valence-corrected chi connectivity index (χ2v) is 5.08. The van der Waals surface area contributed by atoms with Gasteiger partial charge in [-0.2, -0.15) is 0 Å². The van der Waals surface area contributed by atoms with E-state index in [4.69, 9.17) is 14.2 Å². The van der Waals surface area contributed by atoms with Gasteiger partial charge in [0.2, 0.25) is 0 Å². The first-order valence-electron chi connectivity index (χ1n) is 7.01. The van der Waals surface area contributed by atoms with Crippen LogP contribution in [0.4, 0.5) is 4.79 Å². The molecule has 2 heterocycles. The molecule has 7 heteroatoms. The Balaban J connectivity index is 1.77. The van der Waals surface area contributed by atoms with E-state index in [1.54, 1.807) is 11.8 Å². The second-order valence-electron chi connectivity index (χ2n) is 5.08. The number of urea groups is 1. The van der Waals surface area contributed by atoms with Gasteiger partial charge in [0.25, 0.3) is 0 Å². The van der Waals surface area contributed by atoms with Crippen LogP contribution in [0.5, 0.6) is 0 Å². The topological polar surface area (TPSA) is 68.3 Å². The van der Waals surface area contributed by atoms with Crippen molar-refractivity contribution in [2.45, 2.75) is 26.1 Å². The van der Waals surface area contributed by atoms with E-state index < -0.39 is 5.79 Å². The Bertz CT molecular complexity index is 368. The van der Waals surface area contributed by atoms with Crippen molar-refractivity contribution >= 4 is 12.0 Å². The maximum atomic E-state index is 12.1. The third kappa shape index (κ3) is 3.61. The van der Waals surface area contributed by atoms with E-state index in [-0.39, 0.29) is 18.5 Å². The molecule has 7 nitrogen and oxygen atoms in total. The van der Waals surface area contributed by atoms with Gasteiger partial charge in [0.15, 0.2) is 5.79 Å². The third-order valence-corrected chi connectivity index (χ3v) is 3.54. The highest BCUT2D eigenvalue weighted by atomic mass is 16.7. The van der Waals surface area contributed by atoms with Gasteiger partial charge >= 0.3 is 12.0 Å². The fourth-order valence-corrected chi connectivity index (χ4v) is 2.39. The van der Waals surface area contributed by atoms with Gasteiger partial charge in [-0.25, -0.2) is 4.79 Å². The maximum Gasteiger partial charge on any atom is 0.325 e. The average molecular weight is 286 g/mol. The molecule has 0 saturated carbocycles. The molecule has 2 amide bonds. The van der Waals surface area contributed by atoms with Gasteiger partial charge in [-0.1, -0.05) is 0 Å². The third-order valence-electron chi connectivity index (χ3n) is 3.54. The minimum Gasteiger partial charge on any atom is -0.465 e. The first-order chi connectivity index (χ1) is 9.54. The molecule has 0 unspecified atom stereocenters. The van der Waals surface area contributed by atoms with Crippen molar-refractivity contribution in [3.05, 3.63) is 0 Å². The second kappa shape index (κ2) is 6.41. The van der Waals surface area contributed by atoms with Crippen molar-refractivity contribution in [2.75, 3.05) is 46.0 Å². The Morgan fingerprint density at radius 1 is 1.30 bits per heavy atom. The van der Waals surface area contributed by atoms with Gasteiger partial charge in [-0.3, -0.25) is 4.79 Å². The van der Waals surface area contributed by atoms with E-state index in [0.29, 0.717) is 45.9 Å². The molecule has 0 aliphatic carbocycles. The summed E-state index contributed by atoms with van der Waals surface area (Å²) < 4.78 is 15.9. The molecule has 2 fully saturated rings. The highest BCUT2D eigenvalue weighted by Gasteiger charge is 2.35. The van der Waals surface area contributed by atoms with Crippen molar-refractivity contribution in [1.82, 2.24) is 9.80 Å². The minimum atomic E-state index is -0.588. The number of nitrogens with zero attached hydrogens (tertiary/aromatic N) is 2. The summed E-state index contributed by atoms with van der Waals surface area (Å²) in [4.78, 5) is 26.7. The fraction of sp³-hybridized carbons (Fsp3) is 0.846. The van der Waals surface area contributed by atoms with Crippen LogP contribution in [-0.4, -0.2) is 73.6 Å². The van der Waals surface area contributed by atoms with Crippen LogP contribution in [0.25, 0.3) is 0 Å². The van der Waals surface area contributed by atoms with Crippen LogP contribution < -0.4 is 0 Å². The Morgan fingerprint density at radius 2 is 1.95 bits per heavy atom. The molecule has 0 aromatic carbocycles. The summed E-state index contributed by atoms with van der Waals surface area (Å²) in [6.07, 6.45) is 0.631. The van der Waals surface area contributed by atoms with E-state index in [2.05, 4.69) is 0 Å². The van der Waals surface area contributed by atoms with E-state index in [9.17, 15) is 9.59 Å². The van der Waals surface area contributed by atoms with Crippen LogP contribution in [0.1, 0.15) is 20.3 Å². The molecule has 0 radical (unpaired) electrons. The van der Waals surface area contributed by atoms with Gasteiger partial charge in [-0.15, -0.1) is 0 Å². The van der Waals surface area contributed by atoms with Gasteiger partial charge in [0, 0.05) is 26.1 Å². The van der Waals surface area contributed by atoms with Crippen molar-refractivity contribution < 1.29 is 23.8 Å². The largest absolute Gasteiger partial charge is 0.465 e. The molecule has 2 saturated heterocycles. The van der Waals surface area contributed by atoms with Gasteiger partial charge in [0.1, 0.15) is 6.54 Å². The molecule has 0 bridgehead atoms.